The summed E-state index contributed by atoms with van der Waals surface area (Å²) in [5, 5.41) is 12.8. The van der Waals surface area contributed by atoms with E-state index in [0.29, 0.717) is 19.4 Å². The summed E-state index contributed by atoms with van der Waals surface area (Å²) in [6, 6.07) is 0. The molecule has 0 radical (unpaired) electrons. The molecule has 0 aromatic carbocycles. The number of aliphatic hydroxyl groups is 1. The lowest BCUT2D eigenvalue weighted by Crippen LogP contribution is -2.43. The van der Waals surface area contributed by atoms with Crippen LogP contribution in [-0.4, -0.2) is 35.9 Å². The van der Waals surface area contributed by atoms with E-state index < -0.39 is 5.60 Å². The molecule has 2 N–H and O–H groups in total. The highest BCUT2D eigenvalue weighted by molar-refractivity contribution is 5.77. The van der Waals surface area contributed by atoms with Gasteiger partial charge in [-0.2, -0.15) is 0 Å². The Bertz CT molecular complexity index is 245. The van der Waals surface area contributed by atoms with E-state index in [1.54, 1.807) is 0 Å². The van der Waals surface area contributed by atoms with Crippen LogP contribution in [0.25, 0.3) is 0 Å². The molecule has 0 aromatic heterocycles. The average Bonchev–Trinajstić information content (AvgIpc) is 2.43. The zero-order valence-electron chi connectivity index (χ0n) is 11.7. The van der Waals surface area contributed by atoms with Crippen LogP contribution in [-0.2, 0) is 9.53 Å². The molecular formula is C14H27NO3. The molecule has 106 valence electrons. The number of carbonyl (C=O) groups is 1. The van der Waals surface area contributed by atoms with E-state index in [4.69, 9.17) is 4.74 Å². The summed E-state index contributed by atoms with van der Waals surface area (Å²) in [5.41, 5.74) is -0.777. The Balaban J connectivity index is 2.17. The van der Waals surface area contributed by atoms with Gasteiger partial charge in [0.1, 0.15) is 6.61 Å². The lowest BCUT2D eigenvalue weighted by molar-refractivity contribution is -0.129. The molecule has 1 rings (SSSR count). The summed E-state index contributed by atoms with van der Waals surface area (Å²) >= 11 is 0. The molecule has 0 heterocycles. The average molecular weight is 257 g/mol. The largest absolute Gasteiger partial charge is 0.388 e. The first kappa shape index (κ1) is 15.4. The van der Waals surface area contributed by atoms with Gasteiger partial charge in [-0.1, -0.05) is 33.1 Å². The number of rotatable bonds is 7. The minimum Gasteiger partial charge on any atom is -0.388 e. The van der Waals surface area contributed by atoms with Gasteiger partial charge in [-0.05, 0) is 25.7 Å². The Morgan fingerprint density at radius 2 is 1.89 bits per heavy atom. The first-order valence-corrected chi connectivity index (χ1v) is 7.20. The standard InChI is InChI=1S/C14H27NO3/c1-3-14(17,4-2)11-15-13(16)10-18-12-8-6-5-7-9-12/h12,17H,3-11H2,1-2H3,(H,15,16). The van der Waals surface area contributed by atoms with Crippen LogP contribution in [0.1, 0.15) is 58.8 Å². The molecule has 1 amide bonds. The second kappa shape index (κ2) is 7.74. The summed E-state index contributed by atoms with van der Waals surface area (Å²) in [6.45, 7) is 4.28. The number of amides is 1. The van der Waals surface area contributed by atoms with Gasteiger partial charge in [0, 0.05) is 6.54 Å². The van der Waals surface area contributed by atoms with Crippen molar-refractivity contribution in [2.24, 2.45) is 0 Å². The summed E-state index contributed by atoms with van der Waals surface area (Å²) < 4.78 is 5.58. The maximum Gasteiger partial charge on any atom is 0.246 e. The lowest BCUT2D eigenvalue weighted by Gasteiger charge is -2.26. The third-order valence-corrected chi connectivity index (χ3v) is 3.93. The highest BCUT2D eigenvalue weighted by Gasteiger charge is 2.23. The van der Waals surface area contributed by atoms with Crippen molar-refractivity contribution in [2.45, 2.75) is 70.5 Å². The lowest BCUT2D eigenvalue weighted by atomic mass is 9.97. The molecule has 4 nitrogen and oxygen atoms in total. The molecule has 4 heteroatoms. The number of nitrogens with one attached hydrogen (secondary N) is 1. The van der Waals surface area contributed by atoms with E-state index in [2.05, 4.69) is 5.32 Å². The molecule has 0 unspecified atom stereocenters. The molecule has 1 aliphatic rings. The summed E-state index contributed by atoms with van der Waals surface area (Å²) in [7, 11) is 0. The van der Waals surface area contributed by atoms with E-state index in [-0.39, 0.29) is 18.6 Å². The van der Waals surface area contributed by atoms with Crippen molar-refractivity contribution in [3.8, 4) is 0 Å². The fraction of sp³-hybridized carbons (Fsp3) is 0.929. The molecule has 18 heavy (non-hydrogen) atoms. The monoisotopic (exact) mass is 257 g/mol. The fourth-order valence-electron chi connectivity index (χ4n) is 2.24. The summed E-state index contributed by atoms with van der Waals surface area (Å²) in [4.78, 5) is 11.6. The van der Waals surface area contributed by atoms with Crippen LogP contribution in [0.2, 0.25) is 0 Å². The molecule has 0 atom stereocenters. The van der Waals surface area contributed by atoms with E-state index in [1.165, 1.54) is 19.3 Å². The normalized spacial score (nSPS) is 17.7. The summed E-state index contributed by atoms with van der Waals surface area (Å²) in [5.74, 6) is -0.124. The van der Waals surface area contributed by atoms with E-state index >= 15 is 0 Å². The molecule has 0 saturated heterocycles. The van der Waals surface area contributed by atoms with Crippen LogP contribution in [0.15, 0.2) is 0 Å². The molecular weight excluding hydrogens is 230 g/mol. The molecule has 1 aliphatic carbocycles. The fourth-order valence-corrected chi connectivity index (χ4v) is 2.24. The number of hydrogen-bond acceptors (Lipinski definition) is 3. The van der Waals surface area contributed by atoms with Crippen molar-refractivity contribution in [1.82, 2.24) is 5.32 Å². The van der Waals surface area contributed by atoms with Crippen LogP contribution in [0, 0.1) is 0 Å². The Morgan fingerprint density at radius 3 is 2.44 bits per heavy atom. The Hall–Kier alpha value is -0.610. The molecule has 0 aromatic rings. The second-order valence-electron chi connectivity index (χ2n) is 5.28. The van der Waals surface area contributed by atoms with Gasteiger partial charge in [0.15, 0.2) is 0 Å². The number of carbonyl (C=O) groups excluding carboxylic acids is 1. The Kier molecular flexibility index (Phi) is 6.65. The first-order valence-electron chi connectivity index (χ1n) is 7.20. The molecule has 0 spiro atoms. The molecule has 0 aliphatic heterocycles. The first-order chi connectivity index (χ1) is 8.59. The van der Waals surface area contributed by atoms with Crippen LogP contribution in [0.4, 0.5) is 0 Å². The third kappa shape index (κ3) is 5.36. The van der Waals surface area contributed by atoms with E-state index in [9.17, 15) is 9.90 Å². The van der Waals surface area contributed by atoms with Crippen LogP contribution in [0.5, 0.6) is 0 Å². The van der Waals surface area contributed by atoms with Gasteiger partial charge in [-0.3, -0.25) is 4.79 Å². The number of ether oxygens (including phenoxy) is 1. The molecule has 0 bridgehead atoms. The highest BCUT2D eigenvalue weighted by atomic mass is 16.5. The van der Waals surface area contributed by atoms with E-state index in [0.717, 1.165) is 12.8 Å². The Labute approximate surface area is 110 Å². The number of hydrogen-bond donors (Lipinski definition) is 2. The Morgan fingerprint density at radius 1 is 1.28 bits per heavy atom. The van der Waals surface area contributed by atoms with Crippen molar-refractivity contribution in [3.63, 3.8) is 0 Å². The predicted molar refractivity (Wildman–Crippen MR) is 71.4 cm³/mol. The summed E-state index contributed by atoms with van der Waals surface area (Å²) in [6.07, 6.45) is 7.38. The quantitative estimate of drug-likeness (QED) is 0.733. The van der Waals surface area contributed by atoms with Crippen LogP contribution >= 0.6 is 0 Å². The van der Waals surface area contributed by atoms with Gasteiger partial charge in [0.25, 0.3) is 0 Å². The van der Waals surface area contributed by atoms with Gasteiger partial charge in [-0.25, -0.2) is 0 Å². The second-order valence-corrected chi connectivity index (χ2v) is 5.28. The zero-order chi connectivity index (χ0) is 13.4. The SMILES string of the molecule is CCC(O)(CC)CNC(=O)COC1CCCCC1. The van der Waals surface area contributed by atoms with Crippen LogP contribution < -0.4 is 5.32 Å². The maximum absolute atomic E-state index is 11.6. The van der Waals surface area contributed by atoms with E-state index in [1.807, 2.05) is 13.8 Å². The van der Waals surface area contributed by atoms with Gasteiger partial charge in [0.2, 0.25) is 5.91 Å². The van der Waals surface area contributed by atoms with Crippen molar-refractivity contribution < 1.29 is 14.6 Å². The van der Waals surface area contributed by atoms with Gasteiger partial charge < -0.3 is 15.2 Å². The highest BCUT2D eigenvalue weighted by Crippen LogP contribution is 2.20. The minimum atomic E-state index is -0.777. The smallest absolute Gasteiger partial charge is 0.246 e. The predicted octanol–water partition coefficient (Wildman–Crippen LogP) is 2.00. The molecule has 1 fully saturated rings. The van der Waals surface area contributed by atoms with Crippen molar-refractivity contribution in [1.29, 1.82) is 0 Å². The van der Waals surface area contributed by atoms with Gasteiger partial charge in [-0.15, -0.1) is 0 Å². The maximum atomic E-state index is 11.6. The van der Waals surface area contributed by atoms with Gasteiger partial charge in [0.05, 0.1) is 11.7 Å². The van der Waals surface area contributed by atoms with Crippen molar-refractivity contribution >= 4 is 5.91 Å². The zero-order valence-corrected chi connectivity index (χ0v) is 11.7. The topological polar surface area (TPSA) is 58.6 Å². The van der Waals surface area contributed by atoms with Crippen molar-refractivity contribution in [2.75, 3.05) is 13.2 Å². The minimum absolute atomic E-state index is 0.119. The van der Waals surface area contributed by atoms with Crippen molar-refractivity contribution in [3.05, 3.63) is 0 Å². The molecule has 1 saturated carbocycles. The third-order valence-electron chi connectivity index (χ3n) is 3.93. The van der Waals surface area contributed by atoms with Crippen LogP contribution in [0.3, 0.4) is 0 Å². The van der Waals surface area contributed by atoms with Gasteiger partial charge >= 0.3 is 0 Å².